The molecule has 4 N–H and O–H groups in total. The molecule has 1 atom stereocenters. The molecule has 1 unspecified atom stereocenters. The van der Waals surface area contributed by atoms with Crippen molar-refractivity contribution in [3.8, 4) is 0 Å². The van der Waals surface area contributed by atoms with Crippen LogP contribution in [0.4, 0.5) is 11.4 Å². The number of amides is 1. The van der Waals surface area contributed by atoms with Crippen LogP contribution in [-0.2, 0) is 0 Å². The van der Waals surface area contributed by atoms with Gasteiger partial charge in [0, 0.05) is 18.7 Å². The van der Waals surface area contributed by atoms with Crippen LogP contribution in [0.2, 0.25) is 0 Å². The zero-order valence-electron chi connectivity index (χ0n) is 13.2. The fourth-order valence-corrected chi connectivity index (χ4v) is 1.70. The third-order valence-electron chi connectivity index (χ3n) is 3.73. The molecule has 1 amide bonds. The number of carbonyl (C=O) groups excluding carboxylic acids is 1. The van der Waals surface area contributed by atoms with Crippen LogP contribution < -0.4 is 16.4 Å². The van der Waals surface area contributed by atoms with E-state index in [1.165, 1.54) is 0 Å². The summed E-state index contributed by atoms with van der Waals surface area (Å²) in [5.74, 6) is 0.429. The molecule has 4 nitrogen and oxygen atoms in total. The third-order valence-corrected chi connectivity index (χ3v) is 3.73. The number of benzene rings is 1. The molecule has 0 spiro atoms. The third kappa shape index (κ3) is 4.44. The van der Waals surface area contributed by atoms with E-state index in [2.05, 4.69) is 38.3 Å². The molecule has 1 aromatic carbocycles. The van der Waals surface area contributed by atoms with Gasteiger partial charge in [-0.15, -0.1) is 0 Å². The highest BCUT2D eigenvalue weighted by atomic mass is 16.1. The van der Waals surface area contributed by atoms with E-state index in [-0.39, 0.29) is 11.3 Å². The second-order valence-corrected chi connectivity index (χ2v) is 6.31. The summed E-state index contributed by atoms with van der Waals surface area (Å²) in [5.41, 5.74) is 8.35. The lowest BCUT2D eigenvalue weighted by molar-refractivity contribution is 0.0956. The summed E-state index contributed by atoms with van der Waals surface area (Å²) in [6.45, 7) is 12.2. The second kappa shape index (κ2) is 6.64. The first-order chi connectivity index (χ1) is 9.25. The van der Waals surface area contributed by atoms with Gasteiger partial charge in [-0.25, -0.2) is 0 Å². The van der Waals surface area contributed by atoms with E-state index in [0.29, 0.717) is 23.7 Å². The molecule has 0 bridgehead atoms. The first kappa shape index (κ1) is 16.3. The summed E-state index contributed by atoms with van der Waals surface area (Å²) in [5, 5.41) is 6.12. The zero-order valence-corrected chi connectivity index (χ0v) is 13.2. The van der Waals surface area contributed by atoms with E-state index < -0.39 is 0 Å². The lowest BCUT2D eigenvalue weighted by Gasteiger charge is -2.28. The normalized spacial score (nSPS) is 12.8. The Morgan fingerprint density at radius 3 is 2.50 bits per heavy atom. The van der Waals surface area contributed by atoms with E-state index in [0.717, 1.165) is 12.2 Å². The largest absolute Gasteiger partial charge is 0.397 e. The number of rotatable bonds is 5. The Balaban J connectivity index is 2.72. The van der Waals surface area contributed by atoms with Crippen molar-refractivity contribution >= 4 is 17.3 Å². The highest BCUT2D eigenvalue weighted by Gasteiger charge is 2.19. The predicted molar refractivity (Wildman–Crippen MR) is 86.0 cm³/mol. The predicted octanol–water partition coefficient (Wildman–Crippen LogP) is 3.11. The lowest BCUT2D eigenvalue weighted by atomic mass is 9.82. The average molecular weight is 277 g/mol. The summed E-state index contributed by atoms with van der Waals surface area (Å²) in [7, 11) is 0. The van der Waals surface area contributed by atoms with Crippen LogP contribution in [0.25, 0.3) is 0 Å². The zero-order chi connectivity index (χ0) is 15.3. The first-order valence-electron chi connectivity index (χ1n) is 7.17. The Hall–Kier alpha value is -1.71. The van der Waals surface area contributed by atoms with Crippen molar-refractivity contribution < 1.29 is 4.79 Å². The van der Waals surface area contributed by atoms with Crippen LogP contribution in [0.3, 0.4) is 0 Å². The minimum Gasteiger partial charge on any atom is -0.397 e. The van der Waals surface area contributed by atoms with Crippen LogP contribution in [0.15, 0.2) is 18.2 Å². The average Bonchev–Trinajstić information content (AvgIpc) is 2.36. The summed E-state index contributed by atoms with van der Waals surface area (Å²) in [6.07, 6.45) is 0. The van der Waals surface area contributed by atoms with Gasteiger partial charge in [0.2, 0.25) is 0 Å². The van der Waals surface area contributed by atoms with Crippen molar-refractivity contribution in [2.24, 2.45) is 11.3 Å². The maximum absolute atomic E-state index is 11.7. The quantitative estimate of drug-likeness (QED) is 0.724. The van der Waals surface area contributed by atoms with Gasteiger partial charge in [-0.05, 0) is 36.5 Å². The number of nitrogen functional groups attached to an aromatic ring is 1. The summed E-state index contributed by atoms with van der Waals surface area (Å²) in [6, 6.07) is 5.38. The molecule has 112 valence electrons. The van der Waals surface area contributed by atoms with Gasteiger partial charge >= 0.3 is 0 Å². The number of anilines is 2. The number of hydrogen-bond donors (Lipinski definition) is 3. The summed E-state index contributed by atoms with van der Waals surface area (Å²) in [4.78, 5) is 11.7. The van der Waals surface area contributed by atoms with Gasteiger partial charge < -0.3 is 16.4 Å². The fraction of sp³-hybridized carbons (Fsp3) is 0.562. The Labute approximate surface area is 122 Å². The number of nitrogens with one attached hydrogen (secondary N) is 2. The van der Waals surface area contributed by atoms with Crippen LogP contribution in [-0.4, -0.2) is 19.0 Å². The summed E-state index contributed by atoms with van der Waals surface area (Å²) >= 11 is 0. The minimum atomic E-state index is -0.0891. The Morgan fingerprint density at radius 2 is 2.00 bits per heavy atom. The smallest absolute Gasteiger partial charge is 0.251 e. The minimum absolute atomic E-state index is 0.0891. The highest BCUT2D eigenvalue weighted by Crippen LogP contribution is 2.27. The van der Waals surface area contributed by atoms with Gasteiger partial charge in [0.15, 0.2) is 0 Å². The van der Waals surface area contributed by atoms with Gasteiger partial charge in [0.1, 0.15) is 0 Å². The van der Waals surface area contributed by atoms with Gasteiger partial charge in [0.25, 0.3) is 5.91 Å². The topological polar surface area (TPSA) is 67.2 Å². The van der Waals surface area contributed by atoms with Crippen LogP contribution >= 0.6 is 0 Å². The Kier molecular flexibility index (Phi) is 5.43. The molecule has 20 heavy (non-hydrogen) atoms. The molecule has 1 rings (SSSR count). The highest BCUT2D eigenvalue weighted by molar-refractivity contribution is 5.96. The van der Waals surface area contributed by atoms with E-state index in [1.807, 2.05) is 13.0 Å². The molecule has 0 saturated heterocycles. The lowest BCUT2D eigenvalue weighted by Crippen LogP contribution is -2.25. The van der Waals surface area contributed by atoms with Crippen molar-refractivity contribution in [3.63, 3.8) is 0 Å². The molecule has 0 aliphatic carbocycles. The molecule has 0 heterocycles. The van der Waals surface area contributed by atoms with Gasteiger partial charge in [0.05, 0.1) is 11.4 Å². The monoisotopic (exact) mass is 277 g/mol. The number of nitrogens with two attached hydrogens (primary N) is 1. The van der Waals surface area contributed by atoms with Crippen LogP contribution in [0, 0.1) is 11.3 Å². The molecule has 0 aliphatic rings. The number of hydrogen-bond acceptors (Lipinski definition) is 3. The Morgan fingerprint density at radius 1 is 1.35 bits per heavy atom. The van der Waals surface area contributed by atoms with E-state index in [1.54, 1.807) is 12.1 Å². The van der Waals surface area contributed by atoms with E-state index in [9.17, 15) is 4.79 Å². The SMILES string of the molecule is CCNC(=O)c1ccc(NCC(C)C(C)(C)C)c(N)c1. The van der Waals surface area contributed by atoms with Crippen LogP contribution in [0.5, 0.6) is 0 Å². The molecular formula is C16H27N3O. The molecule has 0 radical (unpaired) electrons. The maximum atomic E-state index is 11.7. The molecule has 0 aromatic heterocycles. The first-order valence-corrected chi connectivity index (χ1v) is 7.17. The Bertz CT molecular complexity index is 463. The molecule has 0 saturated carbocycles. The van der Waals surface area contributed by atoms with Crippen molar-refractivity contribution in [2.45, 2.75) is 34.6 Å². The molecule has 0 fully saturated rings. The second-order valence-electron chi connectivity index (χ2n) is 6.31. The van der Waals surface area contributed by atoms with Crippen molar-refractivity contribution in [1.82, 2.24) is 5.32 Å². The van der Waals surface area contributed by atoms with Crippen LogP contribution in [0.1, 0.15) is 45.0 Å². The van der Waals surface area contributed by atoms with Gasteiger partial charge in [-0.2, -0.15) is 0 Å². The number of carbonyl (C=O) groups is 1. The molecular weight excluding hydrogens is 250 g/mol. The van der Waals surface area contributed by atoms with E-state index >= 15 is 0 Å². The fourth-order valence-electron chi connectivity index (χ4n) is 1.70. The maximum Gasteiger partial charge on any atom is 0.251 e. The van der Waals surface area contributed by atoms with Gasteiger partial charge in [-0.3, -0.25) is 4.79 Å². The van der Waals surface area contributed by atoms with Crippen molar-refractivity contribution in [3.05, 3.63) is 23.8 Å². The molecule has 0 aliphatic heterocycles. The standard InChI is InChI=1S/C16H27N3O/c1-6-18-15(20)12-7-8-14(13(17)9-12)19-10-11(2)16(3,4)5/h7-9,11,19H,6,10,17H2,1-5H3,(H,18,20). The van der Waals surface area contributed by atoms with Gasteiger partial charge in [-0.1, -0.05) is 27.7 Å². The molecule has 4 heteroatoms. The summed E-state index contributed by atoms with van der Waals surface area (Å²) < 4.78 is 0. The molecule has 1 aromatic rings. The van der Waals surface area contributed by atoms with Crippen molar-refractivity contribution in [2.75, 3.05) is 24.1 Å². The van der Waals surface area contributed by atoms with E-state index in [4.69, 9.17) is 5.73 Å². The van der Waals surface area contributed by atoms with Crippen molar-refractivity contribution in [1.29, 1.82) is 0 Å².